The summed E-state index contributed by atoms with van der Waals surface area (Å²) in [5, 5.41) is 2.49. The zero-order valence-electron chi connectivity index (χ0n) is 26.8. The summed E-state index contributed by atoms with van der Waals surface area (Å²) in [6.45, 7) is 15.9. The lowest BCUT2D eigenvalue weighted by atomic mass is 9.77. The third-order valence-electron chi connectivity index (χ3n) is 9.26. The summed E-state index contributed by atoms with van der Waals surface area (Å²) in [5.74, 6) is 1.40. The van der Waals surface area contributed by atoms with E-state index in [0.29, 0.717) is 5.92 Å². The number of para-hydroxylation sites is 3. The van der Waals surface area contributed by atoms with E-state index in [0.717, 1.165) is 5.82 Å². The Kier molecular flexibility index (Phi) is 6.51. The number of nitrogens with zero attached hydrogens (tertiary/aromatic N) is 4. The molecule has 0 unspecified atom stereocenters. The highest BCUT2D eigenvalue weighted by Gasteiger charge is 2.29. The van der Waals surface area contributed by atoms with Gasteiger partial charge in [-0.15, -0.1) is 0 Å². The van der Waals surface area contributed by atoms with Crippen molar-refractivity contribution < 1.29 is 4.57 Å². The van der Waals surface area contributed by atoms with Crippen molar-refractivity contribution in [2.24, 2.45) is 0 Å². The molecule has 0 radical (unpaired) electrons. The SMILES string of the molecule is CC(C)c1ccnc(-n2c3ccccc3c3ccc(C(C)(C)c4cccc(-n5c[n+](C(C)(C)C)c6ccccc65)c4)cc32)c1. The molecule has 0 saturated carbocycles. The maximum Gasteiger partial charge on any atom is 0.250 e. The Morgan fingerprint density at radius 1 is 0.659 bits per heavy atom. The van der Waals surface area contributed by atoms with Gasteiger partial charge in [0, 0.05) is 22.4 Å². The van der Waals surface area contributed by atoms with Crippen LogP contribution in [0.3, 0.4) is 0 Å². The van der Waals surface area contributed by atoms with Gasteiger partial charge >= 0.3 is 0 Å². The minimum Gasteiger partial charge on any atom is -0.294 e. The molecule has 0 aliphatic rings. The topological polar surface area (TPSA) is 26.6 Å². The van der Waals surface area contributed by atoms with Crippen molar-refractivity contribution in [1.29, 1.82) is 0 Å². The number of benzene rings is 4. The Hall–Kier alpha value is -4.70. The maximum atomic E-state index is 4.86. The van der Waals surface area contributed by atoms with E-state index in [1.54, 1.807) is 0 Å². The largest absolute Gasteiger partial charge is 0.294 e. The van der Waals surface area contributed by atoms with E-state index in [4.69, 9.17) is 4.98 Å². The molecule has 3 heterocycles. The molecular formula is C40H41N4+. The fraction of sp³-hybridized carbons (Fsp3) is 0.250. The smallest absolute Gasteiger partial charge is 0.250 e. The number of aromatic nitrogens is 4. The molecule has 0 fully saturated rings. The van der Waals surface area contributed by atoms with Crippen LogP contribution in [0.25, 0.3) is 44.3 Å². The Labute approximate surface area is 260 Å². The number of pyridine rings is 1. The number of hydrogen-bond acceptors (Lipinski definition) is 1. The molecule has 220 valence electrons. The molecule has 0 spiro atoms. The Bertz CT molecular complexity index is 2170. The van der Waals surface area contributed by atoms with Gasteiger partial charge in [0.25, 0.3) is 0 Å². The molecule has 0 aliphatic carbocycles. The number of rotatable bonds is 5. The van der Waals surface area contributed by atoms with Gasteiger partial charge in [-0.2, -0.15) is 4.57 Å². The lowest BCUT2D eigenvalue weighted by molar-refractivity contribution is -0.731. The highest BCUT2D eigenvalue weighted by atomic mass is 15.2. The van der Waals surface area contributed by atoms with Crippen molar-refractivity contribution in [3.8, 4) is 11.5 Å². The minimum atomic E-state index is -0.234. The molecule has 0 N–H and O–H groups in total. The number of hydrogen-bond donors (Lipinski definition) is 0. The first-order valence-electron chi connectivity index (χ1n) is 15.7. The van der Waals surface area contributed by atoms with Gasteiger partial charge < -0.3 is 0 Å². The molecule has 7 rings (SSSR count). The van der Waals surface area contributed by atoms with Gasteiger partial charge in [-0.05, 0) is 91.9 Å². The zero-order chi connectivity index (χ0) is 30.8. The van der Waals surface area contributed by atoms with Gasteiger partial charge in [0.05, 0.1) is 11.0 Å². The summed E-state index contributed by atoms with van der Waals surface area (Å²) >= 11 is 0. The monoisotopic (exact) mass is 577 g/mol. The van der Waals surface area contributed by atoms with Crippen molar-refractivity contribution >= 4 is 32.8 Å². The first-order valence-corrected chi connectivity index (χ1v) is 15.7. The minimum absolute atomic E-state index is 0.0286. The van der Waals surface area contributed by atoms with Crippen LogP contribution in [0, 0.1) is 0 Å². The summed E-state index contributed by atoms with van der Waals surface area (Å²) in [6, 6.07) is 37.7. The van der Waals surface area contributed by atoms with Crippen LogP contribution in [0.4, 0.5) is 0 Å². The van der Waals surface area contributed by atoms with Crippen LogP contribution in [0.1, 0.15) is 71.1 Å². The normalized spacial score (nSPS) is 12.6. The molecule has 0 aliphatic heterocycles. The second-order valence-corrected chi connectivity index (χ2v) is 13.9. The maximum absolute atomic E-state index is 4.86. The Balaban J connectivity index is 1.38. The molecule has 0 atom stereocenters. The third-order valence-corrected chi connectivity index (χ3v) is 9.26. The molecule has 4 aromatic carbocycles. The predicted octanol–water partition coefficient (Wildman–Crippen LogP) is 9.61. The quantitative estimate of drug-likeness (QED) is 0.187. The standard InChI is InChI=1S/C40H41N4/c1-27(2)28-21-22-41-38(23-28)44-34-16-9-8-15-32(34)33-20-19-30(25-37(33)44)40(6,7)29-13-12-14-31(24-29)42-26-43(39(3,4)5)36-18-11-10-17-35(36)42/h8-27H,1-7H3/q+1. The second kappa shape index (κ2) is 10.2. The molecule has 7 aromatic rings. The second-order valence-electron chi connectivity index (χ2n) is 13.9. The predicted molar refractivity (Wildman–Crippen MR) is 183 cm³/mol. The first-order chi connectivity index (χ1) is 21.0. The lowest BCUT2D eigenvalue weighted by Crippen LogP contribution is -2.49. The fourth-order valence-corrected chi connectivity index (χ4v) is 6.58. The van der Waals surface area contributed by atoms with Crippen LogP contribution in [0.5, 0.6) is 0 Å². The van der Waals surface area contributed by atoms with Gasteiger partial charge in [0.1, 0.15) is 17.0 Å². The van der Waals surface area contributed by atoms with E-state index >= 15 is 0 Å². The van der Waals surface area contributed by atoms with Crippen LogP contribution < -0.4 is 4.57 Å². The molecular weight excluding hydrogens is 536 g/mol. The van der Waals surface area contributed by atoms with Crippen LogP contribution >= 0.6 is 0 Å². The third kappa shape index (κ3) is 4.52. The van der Waals surface area contributed by atoms with Crippen LogP contribution in [0.15, 0.2) is 116 Å². The number of fused-ring (bicyclic) bond motifs is 4. The van der Waals surface area contributed by atoms with E-state index in [2.05, 4.69) is 172 Å². The highest BCUT2D eigenvalue weighted by molar-refractivity contribution is 6.09. The molecule has 0 saturated heterocycles. The van der Waals surface area contributed by atoms with E-state index in [-0.39, 0.29) is 11.0 Å². The molecule has 44 heavy (non-hydrogen) atoms. The summed E-state index contributed by atoms with van der Waals surface area (Å²) in [7, 11) is 0. The van der Waals surface area contributed by atoms with Crippen LogP contribution in [-0.4, -0.2) is 14.1 Å². The van der Waals surface area contributed by atoms with Gasteiger partial charge in [0.2, 0.25) is 6.33 Å². The van der Waals surface area contributed by atoms with Crippen molar-refractivity contribution in [2.45, 2.75) is 65.3 Å². The number of imidazole rings is 1. The van der Waals surface area contributed by atoms with E-state index in [1.807, 2.05) is 6.20 Å². The molecule has 0 bridgehead atoms. The molecule has 4 nitrogen and oxygen atoms in total. The molecule has 3 aromatic heterocycles. The average Bonchev–Trinajstić information content (AvgIpc) is 3.58. The molecule has 4 heteroatoms. The van der Waals surface area contributed by atoms with Gasteiger partial charge in [0.15, 0.2) is 11.0 Å². The van der Waals surface area contributed by atoms with Crippen molar-refractivity contribution in [1.82, 2.24) is 14.1 Å². The van der Waals surface area contributed by atoms with Gasteiger partial charge in [-0.3, -0.25) is 4.57 Å². The molecule has 0 amide bonds. The van der Waals surface area contributed by atoms with Crippen molar-refractivity contribution in [3.05, 3.63) is 132 Å². The van der Waals surface area contributed by atoms with Crippen LogP contribution in [-0.2, 0) is 11.0 Å². The lowest BCUT2D eigenvalue weighted by Gasteiger charge is -2.26. The van der Waals surface area contributed by atoms with Gasteiger partial charge in [-0.25, -0.2) is 9.55 Å². The summed E-state index contributed by atoms with van der Waals surface area (Å²) < 4.78 is 7.04. The average molecular weight is 578 g/mol. The Morgan fingerprint density at radius 2 is 1.36 bits per heavy atom. The van der Waals surface area contributed by atoms with Crippen LogP contribution in [0.2, 0.25) is 0 Å². The summed E-state index contributed by atoms with van der Waals surface area (Å²) in [6.07, 6.45) is 4.19. The van der Waals surface area contributed by atoms with E-state index in [1.165, 1.54) is 55.2 Å². The van der Waals surface area contributed by atoms with Crippen molar-refractivity contribution in [2.75, 3.05) is 0 Å². The zero-order valence-corrected chi connectivity index (χ0v) is 26.8. The van der Waals surface area contributed by atoms with E-state index < -0.39 is 0 Å². The van der Waals surface area contributed by atoms with E-state index in [9.17, 15) is 0 Å². The van der Waals surface area contributed by atoms with Gasteiger partial charge in [-0.1, -0.05) is 82.3 Å². The Morgan fingerprint density at radius 3 is 2.14 bits per heavy atom. The first kappa shape index (κ1) is 28.1. The highest BCUT2D eigenvalue weighted by Crippen LogP contribution is 2.38. The summed E-state index contributed by atoms with van der Waals surface area (Å²) in [5.41, 5.74) is 9.55. The fourth-order valence-electron chi connectivity index (χ4n) is 6.58. The summed E-state index contributed by atoms with van der Waals surface area (Å²) in [4.78, 5) is 4.86. The van der Waals surface area contributed by atoms with Crippen molar-refractivity contribution in [3.63, 3.8) is 0 Å².